The molecule has 0 bridgehead atoms. The Bertz CT molecular complexity index is 411. The third-order valence-electron chi connectivity index (χ3n) is 3.25. The Kier molecular flexibility index (Phi) is 5.60. The summed E-state index contributed by atoms with van der Waals surface area (Å²) in [5.74, 6) is 0.501. The highest BCUT2D eigenvalue weighted by Crippen LogP contribution is 2.35. The van der Waals surface area contributed by atoms with E-state index in [9.17, 15) is 0 Å². The lowest BCUT2D eigenvalue weighted by Crippen LogP contribution is -2.41. The average molecular weight is 324 g/mol. The van der Waals surface area contributed by atoms with Gasteiger partial charge >= 0.3 is 0 Å². The molecule has 2 rings (SSSR count). The van der Waals surface area contributed by atoms with Crippen LogP contribution in [0.15, 0.2) is 12.1 Å². The maximum absolute atomic E-state index is 6.05. The van der Waals surface area contributed by atoms with Gasteiger partial charge in [0.2, 0.25) is 0 Å². The molecule has 106 valence electrons. The van der Waals surface area contributed by atoms with Gasteiger partial charge in [-0.25, -0.2) is 0 Å². The highest BCUT2D eigenvalue weighted by atomic mass is 35.5. The molecular formula is C13H17Cl3N2O. The molecule has 0 spiro atoms. The standard InChI is InChI=1S/C13H17Cl3N2O/c14-9-7-11(15)13(12(16)8-9)19-6-5-18-3-1-10(17)2-4-18/h7-8,10H,1-6,17H2. The zero-order chi connectivity index (χ0) is 13.8. The van der Waals surface area contributed by atoms with Crippen LogP contribution in [-0.2, 0) is 0 Å². The van der Waals surface area contributed by atoms with Crippen LogP contribution in [0.3, 0.4) is 0 Å². The zero-order valence-electron chi connectivity index (χ0n) is 10.5. The van der Waals surface area contributed by atoms with E-state index in [1.165, 1.54) is 0 Å². The maximum Gasteiger partial charge on any atom is 0.156 e. The Morgan fingerprint density at radius 1 is 1.16 bits per heavy atom. The van der Waals surface area contributed by atoms with E-state index < -0.39 is 0 Å². The first-order chi connectivity index (χ1) is 9.06. The normalized spacial score (nSPS) is 17.7. The van der Waals surface area contributed by atoms with Crippen molar-refractivity contribution in [1.29, 1.82) is 0 Å². The molecular weight excluding hydrogens is 307 g/mol. The first-order valence-corrected chi connectivity index (χ1v) is 7.45. The zero-order valence-corrected chi connectivity index (χ0v) is 12.8. The van der Waals surface area contributed by atoms with Gasteiger partial charge in [-0.15, -0.1) is 0 Å². The number of piperidine rings is 1. The summed E-state index contributed by atoms with van der Waals surface area (Å²) in [7, 11) is 0. The molecule has 0 aromatic heterocycles. The fraction of sp³-hybridized carbons (Fsp3) is 0.538. The minimum absolute atomic E-state index is 0.345. The van der Waals surface area contributed by atoms with E-state index in [0.717, 1.165) is 32.5 Å². The summed E-state index contributed by atoms with van der Waals surface area (Å²) in [5.41, 5.74) is 5.87. The third-order valence-corrected chi connectivity index (χ3v) is 4.03. The van der Waals surface area contributed by atoms with Crippen LogP contribution in [0.1, 0.15) is 12.8 Å². The van der Waals surface area contributed by atoms with Crippen molar-refractivity contribution in [3.63, 3.8) is 0 Å². The van der Waals surface area contributed by atoms with Gasteiger partial charge in [0, 0.05) is 17.6 Å². The molecule has 1 saturated heterocycles. The molecule has 0 radical (unpaired) electrons. The van der Waals surface area contributed by atoms with E-state index in [4.69, 9.17) is 45.3 Å². The van der Waals surface area contributed by atoms with Crippen LogP contribution < -0.4 is 10.5 Å². The van der Waals surface area contributed by atoms with E-state index in [2.05, 4.69) is 4.90 Å². The average Bonchev–Trinajstić information content (AvgIpc) is 2.34. The van der Waals surface area contributed by atoms with Gasteiger partial charge in [0.15, 0.2) is 5.75 Å². The number of hydrogen-bond donors (Lipinski definition) is 1. The molecule has 0 aliphatic carbocycles. The number of ether oxygens (including phenoxy) is 1. The summed E-state index contributed by atoms with van der Waals surface area (Å²) >= 11 is 17.9. The van der Waals surface area contributed by atoms with Crippen LogP contribution in [-0.4, -0.2) is 37.2 Å². The Morgan fingerprint density at radius 3 is 2.32 bits per heavy atom. The summed E-state index contributed by atoms with van der Waals surface area (Å²) < 4.78 is 5.66. The van der Waals surface area contributed by atoms with Crippen molar-refractivity contribution in [2.24, 2.45) is 5.73 Å². The minimum atomic E-state index is 0.345. The molecule has 1 heterocycles. The van der Waals surface area contributed by atoms with Crippen LogP contribution in [0.25, 0.3) is 0 Å². The second kappa shape index (κ2) is 7.00. The van der Waals surface area contributed by atoms with E-state index in [1.807, 2.05) is 0 Å². The van der Waals surface area contributed by atoms with Crippen molar-refractivity contribution in [1.82, 2.24) is 4.90 Å². The van der Waals surface area contributed by atoms with Crippen molar-refractivity contribution in [2.75, 3.05) is 26.2 Å². The van der Waals surface area contributed by atoms with Gasteiger partial charge in [-0.3, -0.25) is 4.90 Å². The van der Waals surface area contributed by atoms with E-state index in [1.54, 1.807) is 12.1 Å². The molecule has 1 fully saturated rings. The van der Waals surface area contributed by atoms with Gasteiger partial charge in [-0.05, 0) is 38.1 Å². The van der Waals surface area contributed by atoms with Gasteiger partial charge in [-0.1, -0.05) is 34.8 Å². The fourth-order valence-corrected chi connectivity index (χ4v) is 3.05. The van der Waals surface area contributed by atoms with Crippen molar-refractivity contribution in [2.45, 2.75) is 18.9 Å². The van der Waals surface area contributed by atoms with Gasteiger partial charge in [0.05, 0.1) is 10.0 Å². The maximum atomic E-state index is 6.05. The third kappa shape index (κ3) is 4.40. The number of likely N-dealkylation sites (tertiary alicyclic amines) is 1. The fourth-order valence-electron chi connectivity index (χ4n) is 2.12. The quantitative estimate of drug-likeness (QED) is 0.922. The monoisotopic (exact) mass is 322 g/mol. The first kappa shape index (κ1) is 15.2. The van der Waals surface area contributed by atoms with E-state index in [-0.39, 0.29) is 0 Å². The van der Waals surface area contributed by atoms with Gasteiger partial charge < -0.3 is 10.5 Å². The van der Waals surface area contributed by atoms with E-state index in [0.29, 0.717) is 33.5 Å². The molecule has 1 aliphatic heterocycles. The van der Waals surface area contributed by atoms with Gasteiger partial charge in [0.1, 0.15) is 6.61 Å². The highest BCUT2D eigenvalue weighted by molar-refractivity contribution is 6.40. The number of nitrogens with two attached hydrogens (primary N) is 1. The lowest BCUT2D eigenvalue weighted by atomic mass is 10.1. The number of hydrogen-bond acceptors (Lipinski definition) is 3. The molecule has 3 nitrogen and oxygen atoms in total. The lowest BCUT2D eigenvalue weighted by Gasteiger charge is -2.29. The van der Waals surface area contributed by atoms with Crippen LogP contribution in [0.2, 0.25) is 15.1 Å². The minimum Gasteiger partial charge on any atom is -0.489 e. The van der Waals surface area contributed by atoms with Gasteiger partial charge in [0.25, 0.3) is 0 Å². The molecule has 2 N–H and O–H groups in total. The SMILES string of the molecule is NC1CCN(CCOc2c(Cl)cc(Cl)cc2Cl)CC1. The van der Waals surface area contributed by atoms with Crippen molar-refractivity contribution < 1.29 is 4.74 Å². The van der Waals surface area contributed by atoms with Crippen LogP contribution in [0.5, 0.6) is 5.75 Å². The Morgan fingerprint density at radius 2 is 1.74 bits per heavy atom. The van der Waals surface area contributed by atoms with Crippen molar-refractivity contribution >= 4 is 34.8 Å². The molecule has 1 aromatic rings. The predicted molar refractivity (Wildman–Crippen MR) is 80.6 cm³/mol. The molecule has 0 amide bonds. The van der Waals surface area contributed by atoms with Crippen LogP contribution in [0, 0.1) is 0 Å². The number of rotatable bonds is 4. The molecule has 0 unspecified atom stereocenters. The number of benzene rings is 1. The van der Waals surface area contributed by atoms with Crippen molar-refractivity contribution in [3.05, 3.63) is 27.2 Å². The van der Waals surface area contributed by atoms with Crippen molar-refractivity contribution in [3.8, 4) is 5.75 Å². The van der Waals surface area contributed by atoms with Gasteiger partial charge in [-0.2, -0.15) is 0 Å². The first-order valence-electron chi connectivity index (χ1n) is 6.31. The topological polar surface area (TPSA) is 38.5 Å². The summed E-state index contributed by atoms with van der Waals surface area (Å²) in [6.45, 7) is 3.44. The predicted octanol–water partition coefficient (Wildman–Crippen LogP) is 3.45. The van der Waals surface area contributed by atoms with E-state index >= 15 is 0 Å². The summed E-state index contributed by atoms with van der Waals surface area (Å²) in [4.78, 5) is 2.33. The van der Waals surface area contributed by atoms with Crippen LogP contribution >= 0.6 is 34.8 Å². The Labute approximate surface area is 128 Å². The Hall–Kier alpha value is -0.190. The molecule has 19 heavy (non-hydrogen) atoms. The smallest absolute Gasteiger partial charge is 0.156 e. The second-order valence-electron chi connectivity index (χ2n) is 4.73. The molecule has 1 aliphatic rings. The summed E-state index contributed by atoms with van der Waals surface area (Å²) in [5, 5.41) is 1.39. The highest BCUT2D eigenvalue weighted by Gasteiger charge is 2.16. The summed E-state index contributed by atoms with van der Waals surface area (Å²) in [6, 6.07) is 3.60. The van der Waals surface area contributed by atoms with Crippen LogP contribution in [0.4, 0.5) is 0 Å². The largest absolute Gasteiger partial charge is 0.489 e. The molecule has 0 saturated carbocycles. The molecule has 0 atom stereocenters. The molecule has 6 heteroatoms. The second-order valence-corrected chi connectivity index (χ2v) is 5.98. The Balaban J connectivity index is 1.83. The molecule has 1 aromatic carbocycles. The number of nitrogens with zero attached hydrogens (tertiary/aromatic N) is 1. The summed E-state index contributed by atoms with van der Waals surface area (Å²) in [6.07, 6.45) is 2.09. The lowest BCUT2D eigenvalue weighted by molar-refractivity contribution is 0.174. The number of halogens is 3.